The van der Waals surface area contributed by atoms with Crippen molar-refractivity contribution in [2.45, 2.75) is 26.9 Å². The lowest BCUT2D eigenvalue weighted by Crippen LogP contribution is -2.30. The summed E-state index contributed by atoms with van der Waals surface area (Å²) >= 11 is 0. The van der Waals surface area contributed by atoms with Crippen LogP contribution >= 0.6 is 0 Å². The van der Waals surface area contributed by atoms with Gasteiger partial charge >= 0.3 is 5.97 Å². The third-order valence-corrected chi connectivity index (χ3v) is 3.74. The lowest BCUT2D eigenvalue weighted by molar-refractivity contribution is -0.123. The molecule has 0 aromatic heterocycles. The highest BCUT2D eigenvalue weighted by Gasteiger charge is 2.21. The smallest absolute Gasteiger partial charge is 0.339 e. The molecule has 0 heterocycles. The molecule has 0 saturated heterocycles. The molecule has 7 heteroatoms. The maximum atomic E-state index is 12.4. The van der Waals surface area contributed by atoms with Crippen molar-refractivity contribution in [2.75, 3.05) is 18.5 Å². The Morgan fingerprint density at radius 3 is 2.43 bits per heavy atom. The van der Waals surface area contributed by atoms with E-state index in [0.717, 1.165) is 0 Å². The first-order valence-corrected chi connectivity index (χ1v) is 8.90. The summed E-state index contributed by atoms with van der Waals surface area (Å²) in [4.78, 5) is 24.7. The number of nitrogens with zero attached hydrogens (tertiary/aromatic N) is 1. The fourth-order valence-electron chi connectivity index (χ4n) is 2.38. The number of carbonyl (C=O) groups is 2. The van der Waals surface area contributed by atoms with Gasteiger partial charge in [0.2, 0.25) is 0 Å². The topological polar surface area (TPSA) is 97.6 Å². The van der Waals surface area contributed by atoms with Crippen LogP contribution in [-0.4, -0.2) is 31.2 Å². The second kappa shape index (κ2) is 9.97. The van der Waals surface area contributed by atoms with Gasteiger partial charge in [-0.25, -0.2) is 4.79 Å². The van der Waals surface area contributed by atoms with Gasteiger partial charge in [-0.15, -0.1) is 0 Å². The summed E-state index contributed by atoms with van der Waals surface area (Å²) in [6.07, 6.45) is -1.05. The molecule has 0 saturated carbocycles. The Kier molecular flexibility index (Phi) is 7.40. The van der Waals surface area contributed by atoms with E-state index in [9.17, 15) is 9.59 Å². The minimum Gasteiger partial charge on any atom is -0.490 e. The Hall–Kier alpha value is -3.53. The normalized spacial score (nSPS) is 11.1. The van der Waals surface area contributed by atoms with E-state index < -0.39 is 18.0 Å². The minimum absolute atomic E-state index is 0.240. The third-order valence-electron chi connectivity index (χ3n) is 3.74. The number of hydrogen-bond acceptors (Lipinski definition) is 6. The van der Waals surface area contributed by atoms with Gasteiger partial charge in [0.1, 0.15) is 6.07 Å². The Morgan fingerprint density at radius 2 is 1.75 bits per heavy atom. The zero-order chi connectivity index (χ0) is 20.5. The molecule has 2 rings (SSSR count). The fraction of sp³-hybridized carbons (Fsp3) is 0.286. The zero-order valence-electron chi connectivity index (χ0n) is 16.0. The maximum Gasteiger partial charge on any atom is 0.339 e. The summed E-state index contributed by atoms with van der Waals surface area (Å²) < 4.78 is 16.2. The van der Waals surface area contributed by atoms with Crippen LogP contribution in [0, 0.1) is 11.3 Å². The molecule has 7 nitrogen and oxygen atoms in total. The van der Waals surface area contributed by atoms with Gasteiger partial charge in [-0.05, 0) is 51.1 Å². The van der Waals surface area contributed by atoms with Gasteiger partial charge in [0.05, 0.1) is 30.0 Å². The molecule has 2 aromatic carbocycles. The lowest BCUT2D eigenvalue weighted by atomic mass is 10.2. The number of benzene rings is 2. The van der Waals surface area contributed by atoms with E-state index in [-0.39, 0.29) is 5.56 Å². The van der Waals surface area contributed by atoms with Crippen LogP contribution in [0.15, 0.2) is 42.5 Å². The summed E-state index contributed by atoms with van der Waals surface area (Å²) in [6.45, 7) is 6.01. The van der Waals surface area contributed by atoms with Crippen molar-refractivity contribution in [3.8, 4) is 17.6 Å². The molecule has 0 aliphatic heterocycles. The third kappa shape index (κ3) is 5.24. The van der Waals surface area contributed by atoms with E-state index in [0.29, 0.717) is 36.0 Å². The average Bonchev–Trinajstić information content (AvgIpc) is 2.69. The molecule has 1 amide bonds. The van der Waals surface area contributed by atoms with E-state index in [2.05, 4.69) is 5.32 Å². The predicted molar refractivity (Wildman–Crippen MR) is 103 cm³/mol. The van der Waals surface area contributed by atoms with Gasteiger partial charge < -0.3 is 19.5 Å². The van der Waals surface area contributed by atoms with E-state index >= 15 is 0 Å². The Labute approximate surface area is 163 Å². The molecular weight excluding hydrogens is 360 g/mol. The molecule has 2 aromatic rings. The standard InChI is InChI=1S/C21H22N2O5/c1-4-26-18-11-10-15(12-19(18)27-5-2)21(25)28-14(3)20(24)23-17-9-7-6-8-16(17)13-22/h6-12,14H,4-5H2,1-3H3,(H,23,24)/t14-/m0/s1. The number of ether oxygens (including phenoxy) is 3. The summed E-state index contributed by atoms with van der Waals surface area (Å²) in [5.41, 5.74) is 0.920. The predicted octanol–water partition coefficient (Wildman–Crippen LogP) is 3.54. The Balaban J connectivity index is 2.08. The van der Waals surface area contributed by atoms with Crippen LogP contribution in [0.2, 0.25) is 0 Å². The number of esters is 1. The first-order chi connectivity index (χ1) is 13.5. The number of amides is 1. The number of para-hydroxylation sites is 1. The van der Waals surface area contributed by atoms with Gasteiger partial charge in [0, 0.05) is 0 Å². The molecule has 0 fully saturated rings. The Morgan fingerprint density at radius 1 is 1.07 bits per heavy atom. The summed E-state index contributed by atoms with van der Waals surface area (Å²) in [6, 6.07) is 13.3. The monoisotopic (exact) mass is 382 g/mol. The largest absolute Gasteiger partial charge is 0.490 e. The number of hydrogen-bond donors (Lipinski definition) is 1. The maximum absolute atomic E-state index is 12.4. The molecule has 0 spiro atoms. The zero-order valence-corrected chi connectivity index (χ0v) is 16.0. The Bertz CT molecular complexity index is 889. The first-order valence-electron chi connectivity index (χ1n) is 8.90. The molecular formula is C21H22N2O5. The summed E-state index contributed by atoms with van der Waals surface area (Å²) in [5, 5.41) is 11.7. The van der Waals surface area contributed by atoms with Crippen LogP contribution in [0.4, 0.5) is 5.69 Å². The number of nitrogens with one attached hydrogen (secondary N) is 1. The van der Waals surface area contributed by atoms with Gasteiger partial charge in [-0.3, -0.25) is 4.79 Å². The summed E-state index contributed by atoms with van der Waals surface area (Å²) in [5.74, 6) is -0.245. The van der Waals surface area contributed by atoms with Crippen LogP contribution in [0.1, 0.15) is 36.7 Å². The van der Waals surface area contributed by atoms with Crippen molar-refractivity contribution in [2.24, 2.45) is 0 Å². The highest BCUT2D eigenvalue weighted by molar-refractivity contribution is 5.98. The molecule has 0 bridgehead atoms. The first kappa shape index (κ1) is 20.8. The van der Waals surface area contributed by atoms with Crippen molar-refractivity contribution >= 4 is 17.6 Å². The van der Waals surface area contributed by atoms with Crippen LogP contribution in [-0.2, 0) is 9.53 Å². The van der Waals surface area contributed by atoms with Crippen LogP contribution in [0.3, 0.4) is 0 Å². The number of carbonyl (C=O) groups excluding carboxylic acids is 2. The molecule has 0 radical (unpaired) electrons. The lowest BCUT2D eigenvalue weighted by Gasteiger charge is -2.15. The highest BCUT2D eigenvalue weighted by atomic mass is 16.5. The van der Waals surface area contributed by atoms with Gasteiger partial charge in [-0.2, -0.15) is 5.26 Å². The van der Waals surface area contributed by atoms with Crippen molar-refractivity contribution in [3.63, 3.8) is 0 Å². The van der Waals surface area contributed by atoms with Gasteiger partial charge in [0.25, 0.3) is 5.91 Å². The number of anilines is 1. The summed E-state index contributed by atoms with van der Waals surface area (Å²) in [7, 11) is 0. The molecule has 146 valence electrons. The average molecular weight is 382 g/mol. The van der Waals surface area contributed by atoms with E-state index in [4.69, 9.17) is 19.5 Å². The van der Waals surface area contributed by atoms with Crippen molar-refractivity contribution in [1.29, 1.82) is 5.26 Å². The number of rotatable bonds is 8. The second-order valence-corrected chi connectivity index (χ2v) is 5.72. The van der Waals surface area contributed by atoms with E-state index in [1.165, 1.54) is 13.0 Å². The van der Waals surface area contributed by atoms with Crippen molar-refractivity contribution in [3.05, 3.63) is 53.6 Å². The van der Waals surface area contributed by atoms with E-state index in [1.807, 2.05) is 19.9 Å². The van der Waals surface area contributed by atoms with Crippen LogP contribution in [0.25, 0.3) is 0 Å². The second-order valence-electron chi connectivity index (χ2n) is 5.72. The highest BCUT2D eigenvalue weighted by Crippen LogP contribution is 2.29. The molecule has 0 unspecified atom stereocenters. The van der Waals surface area contributed by atoms with Gasteiger partial charge in [0.15, 0.2) is 17.6 Å². The number of nitriles is 1. The SMILES string of the molecule is CCOc1ccc(C(=O)O[C@@H](C)C(=O)Nc2ccccc2C#N)cc1OCC. The fourth-order valence-corrected chi connectivity index (χ4v) is 2.38. The van der Waals surface area contributed by atoms with Crippen molar-refractivity contribution < 1.29 is 23.8 Å². The molecule has 1 N–H and O–H groups in total. The molecule has 1 atom stereocenters. The van der Waals surface area contributed by atoms with Crippen molar-refractivity contribution in [1.82, 2.24) is 0 Å². The van der Waals surface area contributed by atoms with Gasteiger partial charge in [-0.1, -0.05) is 12.1 Å². The minimum atomic E-state index is -1.05. The molecule has 0 aliphatic rings. The molecule has 0 aliphatic carbocycles. The molecule has 28 heavy (non-hydrogen) atoms. The van der Waals surface area contributed by atoms with Crippen LogP contribution in [0.5, 0.6) is 11.5 Å². The van der Waals surface area contributed by atoms with Crippen LogP contribution < -0.4 is 14.8 Å². The van der Waals surface area contributed by atoms with E-state index in [1.54, 1.807) is 36.4 Å². The quantitative estimate of drug-likeness (QED) is 0.701.